The van der Waals surface area contributed by atoms with Crippen LogP contribution in [0.25, 0.3) is 11.0 Å². The van der Waals surface area contributed by atoms with Gasteiger partial charge in [0.25, 0.3) is 5.91 Å². The summed E-state index contributed by atoms with van der Waals surface area (Å²) < 4.78 is 1.95. The second-order valence-electron chi connectivity index (χ2n) is 7.69. The molecule has 8 nitrogen and oxygen atoms in total. The van der Waals surface area contributed by atoms with Crippen molar-refractivity contribution in [1.29, 1.82) is 5.41 Å². The van der Waals surface area contributed by atoms with Gasteiger partial charge in [0.1, 0.15) is 11.7 Å². The fraction of sp³-hybridized carbons (Fsp3) is 0.120. The van der Waals surface area contributed by atoms with E-state index in [1.54, 1.807) is 54.6 Å². The SMILES string of the molecule is CN(Cc1nc2cc(C(=O)O)ccc2n1C)c1ccc(C(=N)NC(=O)c2ccccc2)cc1. The number of amides is 1. The van der Waals surface area contributed by atoms with E-state index >= 15 is 0 Å². The summed E-state index contributed by atoms with van der Waals surface area (Å²) in [5, 5.41) is 20.0. The average Bonchev–Trinajstić information content (AvgIpc) is 3.14. The first-order valence-corrected chi connectivity index (χ1v) is 10.3. The molecule has 0 aliphatic heterocycles. The number of amidine groups is 1. The third-order valence-electron chi connectivity index (χ3n) is 5.47. The molecular formula is C25H23N5O3. The third kappa shape index (κ3) is 4.59. The summed E-state index contributed by atoms with van der Waals surface area (Å²) in [6.45, 7) is 0.509. The Kier molecular flexibility index (Phi) is 5.91. The Hall–Kier alpha value is -4.46. The number of imidazole rings is 1. The molecule has 166 valence electrons. The molecule has 0 aliphatic carbocycles. The van der Waals surface area contributed by atoms with Crippen molar-refractivity contribution in [3.63, 3.8) is 0 Å². The summed E-state index contributed by atoms with van der Waals surface area (Å²) in [4.78, 5) is 30.1. The van der Waals surface area contributed by atoms with Gasteiger partial charge in [0.05, 0.1) is 23.1 Å². The number of hydrogen-bond donors (Lipinski definition) is 3. The zero-order chi connectivity index (χ0) is 23.5. The van der Waals surface area contributed by atoms with Gasteiger partial charge in [-0.05, 0) is 54.6 Å². The first-order valence-electron chi connectivity index (χ1n) is 10.3. The fourth-order valence-corrected chi connectivity index (χ4v) is 3.56. The molecule has 0 unspecified atom stereocenters. The van der Waals surface area contributed by atoms with Gasteiger partial charge in [-0.2, -0.15) is 0 Å². The summed E-state index contributed by atoms with van der Waals surface area (Å²) in [6, 6.07) is 21.0. The number of nitrogens with one attached hydrogen (secondary N) is 2. The van der Waals surface area contributed by atoms with Crippen molar-refractivity contribution in [1.82, 2.24) is 14.9 Å². The van der Waals surface area contributed by atoms with Crippen molar-refractivity contribution in [2.75, 3.05) is 11.9 Å². The molecule has 0 fully saturated rings. The standard InChI is InChI=1S/C25H23N5O3/c1-29(15-22-27-20-14-18(25(32)33)10-13-21(20)30(22)2)19-11-8-16(9-12-19)23(26)28-24(31)17-6-4-3-5-7-17/h3-14H,15H2,1-2H3,(H,32,33)(H2,26,28,31). The number of carboxylic acids is 1. The number of carbonyl (C=O) groups excluding carboxylic acids is 1. The summed E-state index contributed by atoms with van der Waals surface area (Å²) in [5.74, 6) is -0.480. The number of benzene rings is 3. The summed E-state index contributed by atoms with van der Waals surface area (Å²) in [7, 11) is 3.83. The van der Waals surface area contributed by atoms with Crippen molar-refractivity contribution < 1.29 is 14.7 Å². The Balaban J connectivity index is 1.45. The molecule has 0 spiro atoms. The van der Waals surface area contributed by atoms with Crippen LogP contribution in [-0.2, 0) is 13.6 Å². The maximum absolute atomic E-state index is 12.3. The topological polar surface area (TPSA) is 111 Å². The molecule has 0 atom stereocenters. The lowest BCUT2D eigenvalue weighted by Crippen LogP contribution is -2.30. The Morgan fingerprint density at radius 1 is 1.00 bits per heavy atom. The number of carboxylic acid groups (broad SMARTS) is 1. The lowest BCUT2D eigenvalue weighted by atomic mass is 10.1. The smallest absolute Gasteiger partial charge is 0.335 e. The molecule has 3 N–H and O–H groups in total. The molecule has 0 saturated heterocycles. The quantitative estimate of drug-likeness (QED) is 0.312. The van der Waals surface area contributed by atoms with Gasteiger partial charge < -0.3 is 19.9 Å². The molecule has 1 amide bonds. The maximum atomic E-state index is 12.3. The van der Waals surface area contributed by atoms with Gasteiger partial charge in [-0.15, -0.1) is 0 Å². The minimum absolute atomic E-state index is 0.0302. The van der Waals surface area contributed by atoms with E-state index < -0.39 is 5.97 Å². The van der Waals surface area contributed by atoms with Crippen LogP contribution in [0, 0.1) is 5.41 Å². The Labute approximate surface area is 190 Å². The number of hydrogen-bond acceptors (Lipinski definition) is 5. The van der Waals surface area contributed by atoms with E-state index in [1.807, 2.05) is 41.8 Å². The number of rotatable bonds is 6. The summed E-state index contributed by atoms with van der Waals surface area (Å²) in [6.07, 6.45) is 0. The number of aryl methyl sites for hydroxylation is 1. The average molecular weight is 441 g/mol. The maximum Gasteiger partial charge on any atom is 0.335 e. The van der Waals surface area contributed by atoms with E-state index in [9.17, 15) is 14.7 Å². The van der Waals surface area contributed by atoms with Crippen LogP contribution >= 0.6 is 0 Å². The van der Waals surface area contributed by atoms with Gasteiger partial charge in [0.2, 0.25) is 0 Å². The zero-order valence-corrected chi connectivity index (χ0v) is 18.2. The predicted molar refractivity (Wildman–Crippen MR) is 127 cm³/mol. The van der Waals surface area contributed by atoms with Gasteiger partial charge >= 0.3 is 5.97 Å². The highest BCUT2D eigenvalue weighted by molar-refractivity contribution is 6.11. The molecule has 1 heterocycles. The Bertz CT molecular complexity index is 1340. The molecule has 8 heteroatoms. The summed E-state index contributed by atoms with van der Waals surface area (Å²) >= 11 is 0. The molecule has 0 bridgehead atoms. The zero-order valence-electron chi connectivity index (χ0n) is 18.2. The molecule has 0 saturated carbocycles. The van der Waals surface area contributed by atoms with Crippen LogP contribution in [-0.4, -0.2) is 39.4 Å². The Morgan fingerprint density at radius 3 is 2.33 bits per heavy atom. The van der Waals surface area contributed by atoms with Gasteiger partial charge in [-0.25, -0.2) is 9.78 Å². The van der Waals surface area contributed by atoms with E-state index in [0.29, 0.717) is 23.2 Å². The van der Waals surface area contributed by atoms with Crippen LogP contribution in [0.5, 0.6) is 0 Å². The van der Waals surface area contributed by atoms with Gasteiger partial charge in [0, 0.05) is 30.9 Å². The van der Waals surface area contributed by atoms with Gasteiger partial charge in [-0.3, -0.25) is 10.2 Å². The molecule has 33 heavy (non-hydrogen) atoms. The number of nitrogens with zero attached hydrogens (tertiary/aromatic N) is 3. The molecule has 0 aliphatic rings. The number of carbonyl (C=O) groups is 2. The molecule has 0 radical (unpaired) electrons. The third-order valence-corrected chi connectivity index (χ3v) is 5.47. The minimum atomic E-state index is -0.980. The van der Waals surface area contributed by atoms with E-state index in [4.69, 9.17) is 5.41 Å². The first kappa shape index (κ1) is 21.8. The van der Waals surface area contributed by atoms with Crippen molar-refractivity contribution in [2.45, 2.75) is 6.54 Å². The van der Waals surface area contributed by atoms with Crippen molar-refractivity contribution in [3.8, 4) is 0 Å². The largest absolute Gasteiger partial charge is 0.478 e. The molecular weight excluding hydrogens is 418 g/mol. The van der Waals surface area contributed by atoms with Crippen molar-refractivity contribution >= 4 is 34.4 Å². The van der Waals surface area contributed by atoms with Crippen LogP contribution < -0.4 is 10.2 Å². The molecule has 3 aromatic carbocycles. The predicted octanol–water partition coefficient (Wildman–Crippen LogP) is 3.66. The van der Waals surface area contributed by atoms with Gasteiger partial charge in [0.15, 0.2) is 0 Å². The second kappa shape index (κ2) is 8.96. The molecule has 1 aromatic heterocycles. The highest BCUT2D eigenvalue weighted by Gasteiger charge is 2.14. The van der Waals surface area contributed by atoms with Crippen LogP contribution in [0.1, 0.15) is 32.1 Å². The summed E-state index contributed by atoms with van der Waals surface area (Å²) in [5.41, 5.74) is 3.72. The van der Waals surface area contributed by atoms with E-state index in [1.165, 1.54) is 0 Å². The second-order valence-corrected chi connectivity index (χ2v) is 7.69. The lowest BCUT2D eigenvalue weighted by Gasteiger charge is -2.19. The monoisotopic (exact) mass is 441 g/mol. The van der Waals surface area contributed by atoms with Crippen LogP contribution in [0.3, 0.4) is 0 Å². The van der Waals surface area contributed by atoms with Gasteiger partial charge in [-0.1, -0.05) is 18.2 Å². The van der Waals surface area contributed by atoms with E-state index in [2.05, 4.69) is 10.3 Å². The minimum Gasteiger partial charge on any atom is -0.478 e. The molecule has 4 aromatic rings. The van der Waals surface area contributed by atoms with Crippen molar-refractivity contribution in [3.05, 3.63) is 95.3 Å². The number of aromatic nitrogens is 2. The fourth-order valence-electron chi connectivity index (χ4n) is 3.56. The van der Waals surface area contributed by atoms with Crippen molar-refractivity contribution in [2.24, 2.45) is 7.05 Å². The highest BCUT2D eigenvalue weighted by Crippen LogP contribution is 2.21. The normalized spacial score (nSPS) is 10.7. The molecule has 4 rings (SSSR count). The highest BCUT2D eigenvalue weighted by atomic mass is 16.4. The van der Waals surface area contributed by atoms with E-state index in [0.717, 1.165) is 17.0 Å². The Morgan fingerprint density at radius 2 is 1.67 bits per heavy atom. The number of aromatic carboxylic acids is 1. The van der Waals surface area contributed by atoms with Crippen LogP contribution in [0.15, 0.2) is 72.8 Å². The van der Waals surface area contributed by atoms with Crippen LogP contribution in [0.4, 0.5) is 5.69 Å². The van der Waals surface area contributed by atoms with Crippen LogP contribution in [0.2, 0.25) is 0 Å². The lowest BCUT2D eigenvalue weighted by molar-refractivity contribution is 0.0696. The van der Waals surface area contributed by atoms with E-state index in [-0.39, 0.29) is 17.3 Å². The number of fused-ring (bicyclic) bond motifs is 1. The number of anilines is 1. The first-order chi connectivity index (χ1) is 15.8.